The highest BCUT2D eigenvalue weighted by atomic mass is 16.7. The minimum absolute atomic E-state index is 0.0822. The number of hydrogen-bond acceptors (Lipinski definition) is 12. The van der Waals surface area contributed by atoms with Crippen molar-refractivity contribution in [3.05, 3.63) is 71.8 Å². The maximum atomic E-state index is 11.8. The van der Waals surface area contributed by atoms with Crippen LogP contribution in [0.1, 0.15) is 23.1 Å². The van der Waals surface area contributed by atoms with Crippen molar-refractivity contribution in [3.63, 3.8) is 0 Å². The molecular formula is C32H28O12. The van der Waals surface area contributed by atoms with Crippen molar-refractivity contribution in [1.29, 1.82) is 0 Å². The normalized spacial score (nSPS) is 25.6. The molecule has 12 heteroatoms. The van der Waals surface area contributed by atoms with Gasteiger partial charge in [0.05, 0.1) is 24.5 Å². The van der Waals surface area contributed by atoms with E-state index in [2.05, 4.69) is 0 Å². The van der Waals surface area contributed by atoms with E-state index in [1.807, 2.05) is 0 Å². The summed E-state index contributed by atoms with van der Waals surface area (Å²) in [5.74, 6) is -3.62. The zero-order valence-corrected chi connectivity index (χ0v) is 22.9. The van der Waals surface area contributed by atoms with Crippen molar-refractivity contribution < 1.29 is 59.8 Å². The van der Waals surface area contributed by atoms with E-state index in [1.165, 1.54) is 48.5 Å². The number of rotatable bonds is 0. The topological polar surface area (TPSA) is 199 Å². The predicted molar refractivity (Wildman–Crippen MR) is 152 cm³/mol. The third-order valence-electron chi connectivity index (χ3n) is 8.37. The number of benzene rings is 4. The van der Waals surface area contributed by atoms with Crippen LogP contribution in [-0.4, -0.2) is 72.8 Å². The average Bonchev–Trinajstić information content (AvgIpc) is 2.97. The summed E-state index contributed by atoms with van der Waals surface area (Å²) >= 11 is 0. The average molecular weight is 605 g/mol. The molecule has 3 aliphatic rings. The fraction of sp³-hybridized carbons (Fsp3) is 0.250. The van der Waals surface area contributed by atoms with Crippen molar-refractivity contribution >= 4 is 0 Å². The Bertz CT molecular complexity index is 1770. The lowest BCUT2D eigenvalue weighted by Gasteiger charge is -2.43. The molecule has 0 radical (unpaired) electrons. The zero-order chi connectivity index (χ0) is 30.9. The minimum atomic E-state index is -1.67. The van der Waals surface area contributed by atoms with Crippen LogP contribution in [0, 0.1) is 5.92 Å². The van der Waals surface area contributed by atoms with Crippen molar-refractivity contribution in [2.24, 2.45) is 5.92 Å². The van der Waals surface area contributed by atoms with Gasteiger partial charge in [-0.3, -0.25) is 0 Å². The van der Waals surface area contributed by atoms with Crippen molar-refractivity contribution in [1.82, 2.24) is 0 Å². The first kappa shape index (κ1) is 27.9. The smallest absolute Gasteiger partial charge is 0.164 e. The molecule has 3 heterocycles. The van der Waals surface area contributed by atoms with Crippen LogP contribution in [0.25, 0.3) is 22.3 Å². The Kier molecular flexibility index (Phi) is 6.59. The number of aliphatic hydroxyl groups excluding tert-OH is 2. The molecule has 0 spiro atoms. The van der Waals surface area contributed by atoms with Gasteiger partial charge in [-0.25, -0.2) is 0 Å². The number of phenolic OH excluding ortho intramolecular Hbond substituents is 6. The van der Waals surface area contributed by atoms with E-state index in [0.717, 1.165) is 0 Å². The second kappa shape index (κ2) is 10.4. The summed E-state index contributed by atoms with van der Waals surface area (Å²) < 4.78 is 24.5. The van der Waals surface area contributed by atoms with E-state index in [9.17, 15) is 40.9 Å². The van der Waals surface area contributed by atoms with Crippen LogP contribution < -0.4 is 9.47 Å². The van der Waals surface area contributed by atoms with Gasteiger partial charge >= 0.3 is 0 Å². The number of fused-ring (bicyclic) bond motifs is 10. The number of aliphatic hydroxyl groups is 2. The third-order valence-corrected chi connectivity index (χ3v) is 8.37. The van der Waals surface area contributed by atoms with Crippen LogP contribution >= 0.6 is 0 Å². The highest BCUT2D eigenvalue weighted by molar-refractivity contribution is 5.79. The van der Waals surface area contributed by atoms with Crippen LogP contribution in [0.2, 0.25) is 0 Å². The van der Waals surface area contributed by atoms with Gasteiger partial charge in [-0.05, 0) is 70.8 Å². The van der Waals surface area contributed by atoms with Gasteiger partial charge < -0.3 is 59.8 Å². The van der Waals surface area contributed by atoms with E-state index in [4.69, 9.17) is 18.9 Å². The van der Waals surface area contributed by atoms with E-state index < -0.39 is 59.6 Å². The second-order valence-corrected chi connectivity index (χ2v) is 11.0. The van der Waals surface area contributed by atoms with E-state index >= 15 is 0 Å². The Morgan fingerprint density at radius 3 is 1.66 bits per heavy atom. The quantitative estimate of drug-likeness (QED) is 0.136. The third kappa shape index (κ3) is 4.55. The summed E-state index contributed by atoms with van der Waals surface area (Å²) in [6.07, 6.45) is -5.54. The summed E-state index contributed by atoms with van der Waals surface area (Å²) in [5, 5.41) is 85.4. The van der Waals surface area contributed by atoms with Crippen LogP contribution in [0.3, 0.4) is 0 Å². The molecule has 0 bridgehead atoms. The summed E-state index contributed by atoms with van der Waals surface area (Å²) in [7, 11) is 0. The highest BCUT2D eigenvalue weighted by Crippen LogP contribution is 2.51. The molecular weight excluding hydrogens is 576 g/mol. The Morgan fingerprint density at radius 1 is 0.523 bits per heavy atom. The van der Waals surface area contributed by atoms with Gasteiger partial charge in [-0.2, -0.15) is 0 Å². The number of hydrogen-bond donors (Lipinski definition) is 8. The van der Waals surface area contributed by atoms with E-state index in [1.54, 1.807) is 12.1 Å². The first-order valence-electron chi connectivity index (χ1n) is 13.8. The number of phenols is 6. The highest BCUT2D eigenvalue weighted by Gasteiger charge is 2.46. The minimum Gasteiger partial charge on any atom is -0.508 e. The first-order valence-corrected chi connectivity index (χ1v) is 13.8. The SMILES string of the molecule is Oc1ccc2c(c1)OC[C@H]1C(O)O[C@H]3COc4cc(O)ccc4-c4cc(O)c(O)cc4[C@@H]3C(O)O[C@@H]1c1cc(O)c(O)cc1-2. The molecule has 4 aromatic carbocycles. The molecule has 6 atom stereocenters. The lowest BCUT2D eigenvalue weighted by atomic mass is 9.83. The summed E-state index contributed by atoms with van der Waals surface area (Å²) in [6, 6.07) is 13.9. The lowest BCUT2D eigenvalue weighted by Crippen LogP contribution is -2.48. The standard InChI is InChI=1S/C32H28O12/c33-13-2-4-16-18-8-23(36)25(38)10-20(18)30-21(11-41-26(16)5-13)31(39)43-28-12-42-27-6-14(34)1-3-15(27)17-7-22(35)24(37)9-19(17)29(28)32(40)44-30/h1-10,21,28-40H,11-12H2/t21-,28+,29+,30-,31?,32?/m1/s1. The molecule has 1 saturated heterocycles. The van der Waals surface area contributed by atoms with Gasteiger partial charge in [0.2, 0.25) is 0 Å². The van der Waals surface area contributed by atoms with Gasteiger partial charge in [-0.15, -0.1) is 0 Å². The Morgan fingerprint density at radius 2 is 1.05 bits per heavy atom. The number of ether oxygens (including phenoxy) is 4. The molecule has 228 valence electrons. The van der Waals surface area contributed by atoms with Crippen molar-refractivity contribution in [3.8, 4) is 68.2 Å². The molecule has 2 unspecified atom stereocenters. The predicted octanol–water partition coefficient (Wildman–Crippen LogP) is 3.53. The summed E-state index contributed by atoms with van der Waals surface area (Å²) in [5.41, 5.74) is 2.18. The molecule has 3 aliphatic heterocycles. The Hall–Kier alpha value is -4.88. The molecule has 8 N–H and O–H groups in total. The molecule has 0 amide bonds. The lowest BCUT2D eigenvalue weighted by molar-refractivity contribution is -0.275. The molecule has 0 aliphatic carbocycles. The van der Waals surface area contributed by atoms with Gasteiger partial charge in [-0.1, -0.05) is 0 Å². The van der Waals surface area contributed by atoms with Crippen LogP contribution in [0.4, 0.5) is 0 Å². The Balaban J connectivity index is 1.40. The van der Waals surface area contributed by atoms with Crippen LogP contribution in [0.15, 0.2) is 60.7 Å². The molecule has 0 aromatic heterocycles. The van der Waals surface area contributed by atoms with Crippen LogP contribution in [0.5, 0.6) is 46.0 Å². The largest absolute Gasteiger partial charge is 0.508 e. The van der Waals surface area contributed by atoms with Gasteiger partial charge in [0.15, 0.2) is 35.6 Å². The summed E-state index contributed by atoms with van der Waals surface area (Å²) in [4.78, 5) is 0. The Labute approximate surface area is 249 Å². The second-order valence-electron chi connectivity index (χ2n) is 11.0. The van der Waals surface area contributed by atoms with Gasteiger partial charge in [0.1, 0.15) is 35.7 Å². The van der Waals surface area contributed by atoms with E-state index in [0.29, 0.717) is 27.8 Å². The fourth-order valence-corrected chi connectivity index (χ4v) is 6.23. The molecule has 44 heavy (non-hydrogen) atoms. The molecule has 7 rings (SSSR count). The molecule has 0 saturated carbocycles. The van der Waals surface area contributed by atoms with Crippen molar-refractivity contribution in [2.45, 2.75) is 30.7 Å². The first-order chi connectivity index (χ1) is 21.1. The maximum Gasteiger partial charge on any atom is 0.164 e. The fourth-order valence-electron chi connectivity index (χ4n) is 6.23. The van der Waals surface area contributed by atoms with Crippen LogP contribution in [-0.2, 0) is 9.47 Å². The number of aromatic hydroxyl groups is 6. The molecule has 1 fully saturated rings. The molecule has 12 nitrogen and oxygen atoms in total. The van der Waals surface area contributed by atoms with Gasteiger partial charge in [0.25, 0.3) is 0 Å². The summed E-state index contributed by atoms with van der Waals surface area (Å²) in [6.45, 7) is -0.434. The molecule has 4 aromatic rings. The van der Waals surface area contributed by atoms with Gasteiger partial charge in [0, 0.05) is 23.3 Å². The maximum absolute atomic E-state index is 11.8. The monoisotopic (exact) mass is 604 g/mol. The van der Waals surface area contributed by atoms with E-state index in [-0.39, 0.29) is 41.8 Å². The van der Waals surface area contributed by atoms with Crippen molar-refractivity contribution in [2.75, 3.05) is 13.2 Å². The zero-order valence-electron chi connectivity index (χ0n) is 22.9.